The third-order valence-corrected chi connectivity index (χ3v) is 2.73. The third kappa shape index (κ3) is 2.28. The molecule has 0 spiro atoms. The molecule has 0 saturated carbocycles. The van der Waals surface area contributed by atoms with Gasteiger partial charge in [-0.25, -0.2) is 0 Å². The van der Waals surface area contributed by atoms with Crippen molar-refractivity contribution in [2.24, 2.45) is 0 Å². The van der Waals surface area contributed by atoms with Gasteiger partial charge in [-0.3, -0.25) is 0 Å². The van der Waals surface area contributed by atoms with E-state index in [2.05, 4.69) is 12.1 Å². The summed E-state index contributed by atoms with van der Waals surface area (Å²) in [7, 11) is 0. The van der Waals surface area contributed by atoms with Crippen LogP contribution in [0.5, 0.6) is 0 Å². The van der Waals surface area contributed by atoms with E-state index in [1.165, 1.54) is 5.39 Å². The molecule has 0 fully saturated rings. The van der Waals surface area contributed by atoms with Crippen LogP contribution < -0.4 is 4.57 Å². The van der Waals surface area contributed by atoms with E-state index in [-0.39, 0.29) is 5.88 Å². The highest BCUT2D eigenvalue weighted by Crippen LogP contribution is 2.08. The standard InChI is InChI=1S/C12H13ClNO/c13-8-11(15)9-14-7-3-5-10-4-1-2-6-12(10)14/h1-7,11,15H,8-9H2/q+1. The number of aliphatic hydroxyl groups excluding tert-OH is 1. The van der Waals surface area contributed by atoms with Crippen molar-refractivity contribution in [3.8, 4) is 0 Å². The van der Waals surface area contributed by atoms with E-state index in [1.807, 2.05) is 35.0 Å². The molecule has 0 saturated heterocycles. The molecular weight excluding hydrogens is 210 g/mol. The van der Waals surface area contributed by atoms with E-state index in [4.69, 9.17) is 11.6 Å². The minimum Gasteiger partial charge on any atom is -0.385 e. The van der Waals surface area contributed by atoms with Gasteiger partial charge in [0, 0.05) is 17.5 Å². The Kier molecular flexibility index (Phi) is 3.19. The highest BCUT2D eigenvalue weighted by Gasteiger charge is 2.12. The minimum absolute atomic E-state index is 0.260. The van der Waals surface area contributed by atoms with Crippen LogP contribution >= 0.6 is 11.6 Å². The van der Waals surface area contributed by atoms with Crippen molar-refractivity contribution in [3.05, 3.63) is 42.6 Å². The number of hydrogen-bond acceptors (Lipinski definition) is 1. The molecule has 78 valence electrons. The molecule has 1 unspecified atom stereocenters. The second kappa shape index (κ2) is 4.60. The average molecular weight is 223 g/mol. The van der Waals surface area contributed by atoms with Crippen LogP contribution in [0.15, 0.2) is 42.6 Å². The number of aliphatic hydroxyl groups is 1. The van der Waals surface area contributed by atoms with Gasteiger partial charge in [-0.15, -0.1) is 11.6 Å². The Morgan fingerprint density at radius 2 is 1.93 bits per heavy atom. The molecule has 0 aliphatic rings. The summed E-state index contributed by atoms with van der Waals surface area (Å²) < 4.78 is 2.02. The number of hydrogen-bond donors (Lipinski definition) is 1. The van der Waals surface area contributed by atoms with E-state index in [9.17, 15) is 5.11 Å². The van der Waals surface area contributed by atoms with E-state index in [0.717, 1.165) is 5.52 Å². The van der Waals surface area contributed by atoms with Gasteiger partial charge in [-0.2, -0.15) is 4.57 Å². The first-order valence-electron chi connectivity index (χ1n) is 4.92. The molecular formula is C12H13ClNO+. The number of alkyl halides is 1. The summed E-state index contributed by atoms with van der Waals surface area (Å²) in [5.74, 6) is 0.260. The molecule has 1 N–H and O–H groups in total. The largest absolute Gasteiger partial charge is 0.385 e. The lowest BCUT2D eigenvalue weighted by atomic mass is 10.2. The predicted molar refractivity (Wildman–Crippen MR) is 60.9 cm³/mol. The predicted octanol–water partition coefficient (Wildman–Crippen LogP) is 1.73. The van der Waals surface area contributed by atoms with Gasteiger partial charge in [0.25, 0.3) is 0 Å². The number of para-hydroxylation sites is 1. The lowest BCUT2D eigenvalue weighted by molar-refractivity contribution is -0.677. The maximum Gasteiger partial charge on any atom is 0.212 e. The Hall–Kier alpha value is -1.12. The van der Waals surface area contributed by atoms with Crippen molar-refractivity contribution in [2.45, 2.75) is 12.6 Å². The molecule has 1 aromatic carbocycles. The molecule has 2 nitrogen and oxygen atoms in total. The molecule has 0 bridgehead atoms. The van der Waals surface area contributed by atoms with Crippen molar-refractivity contribution in [2.75, 3.05) is 5.88 Å². The summed E-state index contributed by atoms with van der Waals surface area (Å²) in [4.78, 5) is 0. The van der Waals surface area contributed by atoms with Gasteiger partial charge in [0.15, 0.2) is 12.7 Å². The quantitative estimate of drug-likeness (QED) is 0.621. The molecule has 0 aliphatic heterocycles. The monoisotopic (exact) mass is 222 g/mol. The first-order valence-corrected chi connectivity index (χ1v) is 5.46. The van der Waals surface area contributed by atoms with Gasteiger partial charge in [-0.1, -0.05) is 12.1 Å². The maximum absolute atomic E-state index is 9.52. The third-order valence-electron chi connectivity index (χ3n) is 2.37. The summed E-state index contributed by atoms with van der Waals surface area (Å²) in [6.45, 7) is 0.533. The van der Waals surface area contributed by atoms with E-state index >= 15 is 0 Å². The van der Waals surface area contributed by atoms with Crippen LogP contribution in [0.4, 0.5) is 0 Å². The Bertz CT molecular complexity index is 453. The average Bonchev–Trinajstić information content (AvgIpc) is 2.29. The first-order chi connectivity index (χ1) is 7.31. The zero-order chi connectivity index (χ0) is 10.7. The van der Waals surface area contributed by atoms with Crippen molar-refractivity contribution in [1.29, 1.82) is 0 Å². The molecule has 1 aromatic heterocycles. The topological polar surface area (TPSA) is 24.1 Å². The molecule has 15 heavy (non-hydrogen) atoms. The van der Waals surface area contributed by atoms with E-state index < -0.39 is 6.10 Å². The lowest BCUT2D eigenvalue weighted by Crippen LogP contribution is -2.40. The van der Waals surface area contributed by atoms with Crippen molar-refractivity contribution in [1.82, 2.24) is 0 Å². The minimum atomic E-state index is -0.498. The molecule has 1 atom stereocenters. The van der Waals surface area contributed by atoms with E-state index in [1.54, 1.807) is 0 Å². The van der Waals surface area contributed by atoms with Crippen LogP contribution in [-0.4, -0.2) is 17.1 Å². The second-order valence-corrected chi connectivity index (χ2v) is 3.84. The molecule has 2 rings (SSSR count). The van der Waals surface area contributed by atoms with Crippen LogP contribution in [0.25, 0.3) is 10.9 Å². The highest BCUT2D eigenvalue weighted by molar-refractivity contribution is 6.18. The Morgan fingerprint density at radius 1 is 1.20 bits per heavy atom. The van der Waals surface area contributed by atoms with Gasteiger partial charge in [0.1, 0.15) is 6.10 Å². The number of fused-ring (bicyclic) bond motifs is 1. The Balaban J connectivity index is 2.42. The molecule has 0 aliphatic carbocycles. The number of benzene rings is 1. The zero-order valence-electron chi connectivity index (χ0n) is 8.31. The van der Waals surface area contributed by atoms with Crippen LogP contribution in [0.2, 0.25) is 0 Å². The van der Waals surface area contributed by atoms with Crippen molar-refractivity contribution >= 4 is 22.5 Å². The molecule has 1 heterocycles. The smallest absolute Gasteiger partial charge is 0.212 e. The number of rotatable bonds is 3. The summed E-state index contributed by atoms with van der Waals surface area (Å²) in [6, 6.07) is 12.1. The Labute approximate surface area is 93.7 Å². The van der Waals surface area contributed by atoms with Crippen LogP contribution in [0.3, 0.4) is 0 Å². The maximum atomic E-state index is 9.52. The van der Waals surface area contributed by atoms with Crippen molar-refractivity contribution < 1.29 is 9.67 Å². The first kappa shape index (κ1) is 10.4. The van der Waals surface area contributed by atoms with Gasteiger partial charge in [0.2, 0.25) is 5.52 Å². The van der Waals surface area contributed by atoms with Gasteiger partial charge < -0.3 is 5.11 Å². The van der Waals surface area contributed by atoms with Gasteiger partial charge in [0.05, 0.1) is 5.88 Å². The second-order valence-electron chi connectivity index (χ2n) is 3.53. The highest BCUT2D eigenvalue weighted by atomic mass is 35.5. The SMILES string of the molecule is OC(CCl)C[n+]1cccc2ccccc21. The van der Waals surface area contributed by atoms with Crippen LogP contribution in [-0.2, 0) is 6.54 Å². The normalized spacial score (nSPS) is 12.9. The Morgan fingerprint density at radius 3 is 2.73 bits per heavy atom. The molecule has 0 radical (unpaired) electrons. The fourth-order valence-corrected chi connectivity index (χ4v) is 1.75. The van der Waals surface area contributed by atoms with E-state index in [0.29, 0.717) is 6.54 Å². The van der Waals surface area contributed by atoms with Crippen LogP contribution in [0, 0.1) is 0 Å². The van der Waals surface area contributed by atoms with Crippen molar-refractivity contribution in [3.63, 3.8) is 0 Å². The zero-order valence-corrected chi connectivity index (χ0v) is 9.06. The number of halogens is 1. The fourth-order valence-electron chi connectivity index (χ4n) is 1.66. The molecule has 3 heteroatoms. The number of aromatic nitrogens is 1. The summed E-state index contributed by atoms with van der Waals surface area (Å²) >= 11 is 5.59. The number of pyridine rings is 1. The summed E-state index contributed by atoms with van der Waals surface area (Å²) in [5.41, 5.74) is 1.11. The summed E-state index contributed by atoms with van der Waals surface area (Å²) in [6.07, 6.45) is 1.46. The fraction of sp³-hybridized carbons (Fsp3) is 0.250. The summed E-state index contributed by atoms with van der Waals surface area (Å²) in [5, 5.41) is 10.7. The molecule has 0 amide bonds. The lowest BCUT2D eigenvalue weighted by Gasteiger charge is -2.04. The van der Waals surface area contributed by atoms with Crippen LogP contribution in [0.1, 0.15) is 0 Å². The van der Waals surface area contributed by atoms with Gasteiger partial charge >= 0.3 is 0 Å². The van der Waals surface area contributed by atoms with Gasteiger partial charge in [-0.05, 0) is 12.1 Å². The number of nitrogens with zero attached hydrogens (tertiary/aromatic N) is 1. The molecule has 2 aromatic rings.